The molecule has 1 heterocycles. The number of aldehydes is 1. The van der Waals surface area contributed by atoms with Crippen LogP contribution in [-0.4, -0.2) is 55.3 Å². The first-order valence-corrected chi connectivity index (χ1v) is 12.1. The molecule has 186 valence electrons. The summed E-state index contributed by atoms with van der Waals surface area (Å²) in [6, 6.07) is 19.2. The minimum Gasteiger partial charge on any atom is -0.490 e. The third kappa shape index (κ3) is 7.45. The Morgan fingerprint density at radius 3 is 2.34 bits per heavy atom. The third-order valence-electron chi connectivity index (χ3n) is 5.68. The first kappa shape index (κ1) is 26.0. The summed E-state index contributed by atoms with van der Waals surface area (Å²) < 4.78 is 11.5. The van der Waals surface area contributed by atoms with Crippen LogP contribution in [0.2, 0.25) is 0 Å². The van der Waals surface area contributed by atoms with Crippen molar-refractivity contribution in [2.45, 2.75) is 33.4 Å². The standard InChI is InChI=1S/C28H35N3O4/c1-4-30(5-2)24-13-10-22(11-14-24)18-31(28-9-7-8-16-29-28)19-25(33)21-35-26-15-12-23(20-32)17-27(26)34-6-3/h7-17,20,25,33H,4-6,18-19,21H2,1-3H3. The van der Waals surface area contributed by atoms with Crippen molar-refractivity contribution in [3.05, 3.63) is 78.0 Å². The fourth-order valence-electron chi connectivity index (χ4n) is 3.88. The first-order valence-electron chi connectivity index (χ1n) is 12.1. The van der Waals surface area contributed by atoms with E-state index >= 15 is 0 Å². The molecule has 1 unspecified atom stereocenters. The Labute approximate surface area is 207 Å². The Bertz CT molecular complexity index is 1040. The summed E-state index contributed by atoms with van der Waals surface area (Å²) in [7, 11) is 0. The van der Waals surface area contributed by atoms with Crippen molar-refractivity contribution in [3.8, 4) is 11.5 Å². The zero-order valence-corrected chi connectivity index (χ0v) is 20.8. The lowest BCUT2D eigenvalue weighted by atomic mass is 10.1. The van der Waals surface area contributed by atoms with Gasteiger partial charge in [-0.15, -0.1) is 0 Å². The number of carbonyl (C=O) groups is 1. The average molecular weight is 478 g/mol. The van der Waals surface area contributed by atoms with Gasteiger partial charge in [-0.2, -0.15) is 0 Å². The van der Waals surface area contributed by atoms with E-state index in [9.17, 15) is 9.90 Å². The molecule has 1 aromatic heterocycles. The molecule has 0 amide bonds. The Hall–Kier alpha value is -3.58. The van der Waals surface area contributed by atoms with E-state index in [1.807, 2.05) is 30.0 Å². The van der Waals surface area contributed by atoms with Gasteiger partial charge in [-0.25, -0.2) is 4.98 Å². The molecule has 0 bridgehead atoms. The summed E-state index contributed by atoms with van der Waals surface area (Å²) in [4.78, 5) is 19.9. The highest BCUT2D eigenvalue weighted by atomic mass is 16.5. The van der Waals surface area contributed by atoms with Crippen molar-refractivity contribution in [1.29, 1.82) is 0 Å². The van der Waals surface area contributed by atoms with Crippen LogP contribution in [0.5, 0.6) is 11.5 Å². The molecule has 0 aliphatic heterocycles. The highest BCUT2D eigenvalue weighted by Gasteiger charge is 2.16. The molecule has 1 atom stereocenters. The van der Waals surface area contributed by atoms with E-state index in [4.69, 9.17) is 9.47 Å². The zero-order valence-electron chi connectivity index (χ0n) is 20.8. The lowest BCUT2D eigenvalue weighted by Crippen LogP contribution is -2.36. The minimum atomic E-state index is -0.771. The van der Waals surface area contributed by atoms with Crippen LogP contribution in [0.1, 0.15) is 36.7 Å². The van der Waals surface area contributed by atoms with E-state index in [1.165, 1.54) is 5.69 Å². The summed E-state index contributed by atoms with van der Waals surface area (Å²) in [5.74, 6) is 1.76. The molecule has 3 aromatic rings. The second-order valence-corrected chi connectivity index (χ2v) is 8.13. The topological polar surface area (TPSA) is 75.1 Å². The summed E-state index contributed by atoms with van der Waals surface area (Å²) >= 11 is 0. The Morgan fingerprint density at radius 1 is 0.943 bits per heavy atom. The molecule has 3 rings (SSSR count). The largest absolute Gasteiger partial charge is 0.490 e. The number of aliphatic hydroxyl groups is 1. The number of rotatable bonds is 14. The average Bonchev–Trinajstić information content (AvgIpc) is 2.90. The summed E-state index contributed by atoms with van der Waals surface area (Å²) in [5.41, 5.74) is 2.83. The lowest BCUT2D eigenvalue weighted by molar-refractivity contribution is 0.109. The van der Waals surface area contributed by atoms with E-state index in [-0.39, 0.29) is 6.61 Å². The number of pyridine rings is 1. The Balaban J connectivity index is 1.69. The van der Waals surface area contributed by atoms with Crippen LogP contribution in [0, 0.1) is 0 Å². The number of hydrogen-bond acceptors (Lipinski definition) is 7. The Morgan fingerprint density at radius 2 is 1.71 bits per heavy atom. The lowest BCUT2D eigenvalue weighted by Gasteiger charge is -2.27. The number of benzene rings is 2. The molecule has 0 saturated carbocycles. The Kier molecular flexibility index (Phi) is 9.93. The third-order valence-corrected chi connectivity index (χ3v) is 5.68. The maximum atomic E-state index is 11.1. The summed E-state index contributed by atoms with van der Waals surface area (Å²) in [6.45, 7) is 9.55. The number of hydrogen-bond donors (Lipinski definition) is 1. The van der Waals surface area contributed by atoms with Gasteiger partial charge in [0.15, 0.2) is 11.5 Å². The number of carbonyl (C=O) groups excluding carboxylic acids is 1. The van der Waals surface area contributed by atoms with Gasteiger partial charge >= 0.3 is 0 Å². The molecule has 0 saturated heterocycles. The van der Waals surface area contributed by atoms with Crippen molar-refractivity contribution < 1.29 is 19.4 Å². The van der Waals surface area contributed by atoms with Gasteiger partial charge in [0.25, 0.3) is 0 Å². The smallest absolute Gasteiger partial charge is 0.161 e. The molecular formula is C28H35N3O4. The van der Waals surface area contributed by atoms with Gasteiger partial charge in [0, 0.05) is 43.6 Å². The van der Waals surface area contributed by atoms with E-state index in [1.54, 1.807) is 24.4 Å². The quantitative estimate of drug-likeness (QED) is 0.341. The van der Waals surface area contributed by atoms with E-state index in [0.717, 1.165) is 30.8 Å². The van der Waals surface area contributed by atoms with Crippen molar-refractivity contribution >= 4 is 17.8 Å². The molecule has 7 heteroatoms. The number of aromatic nitrogens is 1. The monoisotopic (exact) mass is 477 g/mol. The van der Waals surface area contributed by atoms with Crippen molar-refractivity contribution in [2.75, 3.05) is 42.6 Å². The van der Waals surface area contributed by atoms with Gasteiger partial charge in [-0.05, 0) is 68.8 Å². The van der Waals surface area contributed by atoms with Crippen LogP contribution in [0.3, 0.4) is 0 Å². The van der Waals surface area contributed by atoms with Crippen LogP contribution < -0.4 is 19.3 Å². The van der Waals surface area contributed by atoms with E-state index in [0.29, 0.717) is 36.8 Å². The fraction of sp³-hybridized carbons (Fsp3) is 0.357. The van der Waals surface area contributed by atoms with Gasteiger partial charge in [0.05, 0.1) is 6.61 Å². The van der Waals surface area contributed by atoms with Crippen LogP contribution in [0.4, 0.5) is 11.5 Å². The van der Waals surface area contributed by atoms with Crippen LogP contribution >= 0.6 is 0 Å². The SMILES string of the molecule is CCOc1cc(C=O)ccc1OCC(O)CN(Cc1ccc(N(CC)CC)cc1)c1ccccn1. The second-order valence-electron chi connectivity index (χ2n) is 8.13. The molecular weight excluding hydrogens is 442 g/mol. The maximum Gasteiger partial charge on any atom is 0.161 e. The predicted molar refractivity (Wildman–Crippen MR) is 140 cm³/mol. The van der Waals surface area contributed by atoms with Crippen LogP contribution in [0.25, 0.3) is 0 Å². The number of nitrogens with zero attached hydrogens (tertiary/aromatic N) is 3. The minimum absolute atomic E-state index is 0.0741. The van der Waals surface area contributed by atoms with Gasteiger partial charge in [-0.1, -0.05) is 18.2 Å². The predicted octanol–water partition coefficient (Wildman–Crippen LogP) is 4.59. The molecule has 35 heavy (non-hydrogen) atoms. The second kappa shape index (κ2) is 13.3. The summed E-state index contributed by atoms with van der Waals surface area (Å²) in [5, 5.41) is 10.8. The first-order chi connectivity index (χ1) is 17.1. The molecule has 0 aliphatic carbocycles. The van der Waals surface area contributed by atoms with Gasteiger partial charge < -0.3 is 24.4 Å². The number of ether oxygens (including phenoxy) is 2. The van der Waals surface area contributed by atoms with Gasteiger partial charge in [-0.3, -0.25) is 4.79 Å². The highest BCUT2D eigenvalue weighted by molar-refractivity contribution is 5.76. The molecule has 0 aliphatic rings. The van der Waals surface area contributed by atoms with Gasteiger partial charge in [0.1, 0.15) is 24.8 Å². The van der Waals surface area contributed by atoms with E-state index < -0.39 is 6.10 Å². The van der Waals surface area contributed by atoms with Crippen molar-refractivity contribution in [1.82, 2.24) is 4.98 Å². The number of aliphatic hydroxyl groups excluding tert-OH is 1. The molecule has 0 radical (unpaired) electrons. The molecule has 7 nitrogen and oxygen atoms in total. The van der Waals surface area contributed by atoms with Crippen molar-refractivity contribution in [2.24, 2.45) is 0 Å². The molecule has 0 spiro atoms. The maximum absolute atomic E-state index is 11.1. The van der Waals surface area contributed by atoms with Gasteiger partial charge in [0.2, 0.25) is 0 Å². The normalized spacial score (nSPS) is 11.5. The zero-order chi connectivity index (χ0) is 25.0. The van der Waals surface area contributed by atoms with Crippen molar-refractivity contribution in [3.63, 3.8) is 0 Å². The molecule has 1 N–H and O–H groups in total. The van der Waals surface area contributed by atoms with Crippen LogP contribution in [-0.2, 0) is 6.54 Å². The molecule has 0 fully saturated rings. The number of anilines is 2. The van der Waals surface area contributed by atoms with E-state index in [2.05, 4.69) is 48.0 Å². The van der Waals surface area contributed by atoms with Crippen LogP contribution in [0.15, 0.2) is 66.9 Å². The molecule has 2 aromatic carbocycles. The highest BCUT2D eigenvalue weighted by Crippen LogP contribution is 2.28. The fourth-order valence-corrected chi connectivity index (χ4v) is 3.88. The summed E-state index contributed by atoms with van der Waals surface area (Å²) in [6.07, 6.45) is 1.74.